The molecule has 3 aromatic carbocycles. The zero-order valence-electron chi connectivity index (χ0n) is 25.2. The van der Waals surface area contributed by atoms with E-state index in [0.717, 1.165) is 12.0 Å². The van der Waals surface area contributed by atoms with Crippen molar-refractivity contribution >= 4 is 17.0 Å². The van der Waals surface area contributed by atoms with E-state index in [1.54, 1.807) is 51.1 Å². The first-order valence-electron chi connectivity index (χ1n) is 14.4. The Balaban J connectivity index is 1.84. The first-order chi connectivity index (χ1) is 20.8. The van der Waals surface area contributed by atoms with Crippen LogP contribution >= 0.6 is 0 Å². The third-order valence-electron chi connectivity index (χ3n) is 7.02. The number of hydrogen-bond acceptors (Lipinski definition) is 6. The molecule has 2 atom stereocenters. The van der Waals surface area contributed by atoms with Gasteiger partial charge in [0.1, 0.15) is 23.7 Å². The second-order valence-electron chi connectivity index (χ2n) is 11.5. The van der Waals surface area contributed by atoms with E-state index in [1.165, 1.54) is 25.1 Å². The van der Waals surface area contributed by atoms with Crippen LogP contribution in [0.25, 0.3) is 0 Å². The molecule has 0 spiro atoms. The molecular formula is C33H38F3NO6S. The number of rotatable bonds is 11. The number of ether oxygens (including phenoxy) is 4. The van der Waals surface area contributed by atoms with Gasteiger partial charge in [-0.2, -0.15) is 13.2 Å². The molecule has 11 heteroatoms. The van der Waals surface area contributed by atoms with E-state index in [4.69, 9.17) is 18.9 Å². The molecule has 7 nitrogen and oxygen atoms in total. The molecular weight excluding hydrogens is 595 g/mol. The number of nitrogens with one attached hydrogen (secondary N) is 1. The Morgan fingerprint density at radius 1 is 1.02 bits per heavy atom. The third-order valence-corrected chi connectivity index (χ3v) is 8.63. The minimum atomic E-state index is -4.86. The number of hydrogen-bond donors (Lipinski definition) is 1. The largest absolute Gasteiger partial charge is 0.488 e. The van der Waals surface area contributed by atoms with Crippen molar-refractivity contribution in [2.45, 2.75) is 76.8 Å². The molecule has 1 N–H and O–H groups in total. The number of alkyl halides is 3. The van der Waals surface area contributed by atoms with E-state index in [9.17, 15) is 22.2 Å². The Kier molecular flexibility index (Phi) is 11.2. The van der Waals surface area contributed by atoms with Crippen LogP contribution < -0.4 is 14.2 Å². The smallest absolute Gasteiger partial charge is 0.417 e. The quantitative estimate of drug-likeness (QED) is 0.175. The first-order valence-corrected chi connectivity index (χ1v) is 15.6. The van der Waals surface area contributed by atoms with Gasteiger partial charge in [-0.25, -0.2) is 13.7 Å². The van der Waals surface area contributed by atoms with Gasteiger partial charge in [-0.3, -0.25) is 0 Å². The van der Waals surface area contributed by atoms with Crippen LogP contribution in [0.3, 0.4) is 0 Å². The van der Waals surface area contributed by atoms with Crippen LogP contribution in [0, 0.1) is 6.92 Å². The fourth-order valence-corrected chi connectivity index (χ4v) is 5.66. The lowest BCUT2D eigenvalue weighted by molar-refractivity contribution is -0.182. The molecule has 1 aliphatic heterocycles. The third kappa shape index (κ3) is 8.90. The van der Waals surface area contributed by atoms with Crippen LogP contribution in [0.1, 0.15) is 78.7 Å². The van der Waals surface area contributed by atoms with Gasteiger partial charge in [-0.1, -0.05) is 48.5 Å². The number of esters is 1. The summed E-state index contributed by atoms with van der Waals surface area (Å²) in [7, 11) is -1.73. The maximum Gasteiger partial charge on any atom is 0.417 e. The monoisotopic (exact) mass is 633 g/mol. The molecule has 1 heterocycles. The molecule has 0 aliphatic carbocycles. The summed E-state index contributed by atoms with van der Waals surface area (Å²) in [6, 6.07) is 17.3. The topological polar surface area (TPSA) is 83.1 Å². The molecule has 3 aromatic rings. The zero-order valence-corrected chi connectivity index (χ0v) is 26.1. The van der Waals surface area contributed by atoms with Gasteiger partial charge >= 0.3 is 12.1 Å². The average Bonchev–Trinajstić information content (AvgIpc) is 2.98. The van der Waals surface area contributed by atoms with Crippen molar-refractivity contribution in [3.05, 3.63) is 94.5 Å². The lowest BCUT2D eigenvalue weighted by atomic mass is 9.90. The summed E-state index contributed by atoms with van der Waals surface area (Å²) in [6.07, 6.45) is -4.36. The predicted molar refractivity (Wildman–Crippen MR) is 162 cm³/mol. The van der Waals surface area contributed by atoms with Gasteiger partial charge < -0.3 is 18.9 Å². The Bertz CT molecular complexity index is 1420. The standard InChI is InChI=1S/C33H38F3NO6S/c1-22-29(31(38)43-24-14-9-6-10-15-24)27(42-21-23-12-7-5-8-13-23)20-25(30(22)33(34,35)36)26(37-44(39)32(2,3)4)16-17-28-40-18-11-19-41-28/h5-10,12-15,20,26,28,37H,11,16-19,21H2,1-4H3/t26?,44-/m1/s1. The molecule has 0 saturated carbocycles. The van der Waals surface area contributed by atoms with E-state index >= 15 is 0 Å². The number of halogens is 3. The normalized spacial score (nSPS) is 15.9. The Morgan fingerprint density at radius 3 is 2.23 bits per heavy atom. The van der Waals surface area contributed by atoms with Gasteiger partial charge in [0.15, 0.2) is 6.29 Å². The van der Waals surface area contributed by atoms with Crippen LogP contribution in [-0.2, 0) is 33.2 Å². The van der Waals surface area contributed by atoms with E-state index in [1.807, 2.05) is 18.2 Å². The molecule has 44 heavy (non-hydrogen) atoms. The van der Waals surface area contributed by atoms with Crippen LogP contribution in [0.15, 0.2) is 66.7 Å². The van der Waals surface area contributed by atoms with Crippen molar-refractivity contribution in [1.29, 1.82) is 0 Å². The number of benzene rings is 3. The fraction of sp³-hybridized carbons (Fsp3) is 0.424. The summed E-state index contributed by atoms with van der Waals surface area (Å²) in [6.45, 7) is 7.38. The lowest BCUT2D eigenvalue weighted by Crippen LogP contribution is -2.37. The van der Waals surface area contributed by atoms with E-state index in [-0.39, 0.29) is 47.6 Å². The van der Waals surface area contributed by atoms with Crippen LogP contribution in [0.2, 0.25) is 0 Å². The van der Waals surface area contributed by atoms with Crippen LogP contribution in [-0.4, -0.2) is 34.4 Å². The second-order valence-corrected chi connectivity index (χ2v) is 13.5. The van der Waals surface area contributed by atoms with Crippen molar-refractivity contribution < 1.29 is 41.1 Å². The van der Waals surface area contributed by atoms with Crippen molar-refractivity contribution in [3.8, 4) is 11.5 Å². The van der Waals surface area contributed by atoms with Gasteiger partial charge in [-0.15, -0.1) is 0 Å². The van der Waals surface area contributed by atoms with Gasteiger partial charge in [0.2, 0.25) is 0 Å². The molecule has 4 rings (SSSR count). The number of para-hydroxylation sites is 1. The van der Waals surface area contributed by atoms with Crippen molar-refractivity contribution in [2.24, 2.45) is 0 Å². The minimum absolute atomic E-state index is 0.00747. The summed E-state index contributed by atoms with van der Waals surface area (Å²) >= 11 is 0. The number of carbonyl (C=O) groups is 1. The minimum Gasteiger partial charge on any atom is -0.488 e. The van der Waals surface area contributed by atoms with Gasteiger partial charge in [-0.05, 0) is 75.4 Å². The van der Waals surface area contributed by atoms with Crippen molar-refractivity contribution in [1.82, 2.24) is 4.72 Å². The highest BCUT2D eigenvalue weighted by molar-refractivity contribution is 7.84. The van der Waals surface area contributed by atoms with Crippen molar-refractivity contribution in [2.75, 3.05) is 13.2 Å². The highest BCUT2D eigenvalue weighted by Gasteiger charge is 2.41. The average molecular weight is 634 g/mol. The maximum atomic E-state index is 14.9. The molecule has 1 saturated heterocycles. The van der Waals surface area contributed by atoms with Crippen LogP contribution in [0.5, 0.6) is 11.5 Å². The molecule has 0 bridgehead atoms. The fourth-order valence-electron chi connectivity index (χ4n) is 4.80. The molecule has 0 amide bonds. The molecule has 0 aromatic heterocycles. The Morgan fingerprint density at radius 2 is 1.64 bits per heavy atom. The molecule has 1 unspecified atom stereocenters. The molecule has 238 valence electrons. The zero-order chi connectivity index (χ0) is 31.9. The van der Waals surface area contributed by atoms with Gasteiger partial charge in [0.25, 0.3) is 0 Å². The lowest BCUT2D eigenvalue weighted by Gasteiger charge is -2.30. The molecule has 1 fully saturated rings. The SMILES string of the molecule is Cc1c(C(=O)Oc2ccccc2)c(OCc2ccccc2)cc(C(CCC2OCCCO2)N[S@](=O)C(C)(C)C)c1C(F)(F)F. The summed E-state index contributed by atoms with van der Waals surface area (Å²) in [5, 5.41) is 0. The highest BCUT2D eigenvalue weighted by Crippen LogP contribution is 2.43. The van der Waals surface area contributed by atoms with E-state index < -0.39 is 45.8 Å². The summed E-state index contributed by atoms with van der Waals surface area (Å²) in [5.74, 6) is -0.884. The van der Waals surface area contributed by atoms with Crippen LogP contribution in [0.4, 0.5) is 13.2 Å². The summed E-state index contributed by atoms with van der Waals surface area (Å²) in [4.78, 5) is 13.5. The summed E-state index contributed by atoms with van der Waals surface area (Å²) in [5.41, 5.74) is -1.14. The van der Waals surface area contributed by atoms with Crippen molar-refractivity contribution in [3.63, 3.8) is 0 Å². The summed E-state index contributed by atoms with van der Waals surface area (Å²) < 4.78 is 83.1. The Labute approximate surface area is 258 Å². The van der Waals surface area contributed by atoms with Gasteiger partial charge in [0, 0.05) is 12.5 Å². The van der Waals surface area contributed by atoms with E-state index in [0.29, 0.717) is 13.2 Å². The van der Waals surface area contributed by atoms with Gasteiger partial charge in [0.05, 0.1) is 34.5 Å². The molecule has 0 radical (unpaired) electrons. The first kappa shape index (κ1) is 33.6. The van der Waals surface area contributed by atoms with E-state index in [2.05, 4.69) is 4.72 Å². The maximum absolute atomic E-state index is 14.9. The Hall–Kier alpha value is -3.25. The second kappa shape index (κ2) is 14.7. The number of carbonyl (C=O) groups excluding carboxylic acids is 1. The highest BCUT2D eigenvalue weighted by atomic mass is 32.2. The molecule has 1 aliphatic rings. The predicted octanol–water partition coefficient (Wildman–Crippen LogP) is 7.45.